The molecular weight excluding hydrogens is 302 g/mol. The third-order valence-electron chi connectivity index (χ3n) is 5.69. The number of hydrogen-bond donors (Lipinski definition) is 1. The molecule has 1 N–H and O–H groups in total. The van der Waals surface area contributed by atoms with Crippen LogP contribution in [0.15, 0.2) is 22.5 Å². The smallest absolute Gasteiger partial charge is 0.336 e. The van der Waals surface area contributed by atoms with Crippen LogP contribution in [-0.2, 0) is 14.3 Å². The highest BCUT2D eigenvalue weighted by Gasteiger charge is 2.50. The lowest BCUT2D eigenvalue weighted by Crippen LogP contribution is -2.41. The van der Waals surface area contributed by atoms with Gasteiger partial charge in [0.25, 0.3) is 0 Å². The monoisotopic (exact) mass is 329 g/mol. The van der Waals surface area contributed by atoms with E-state index in [1.54, 1.807) is 0 Å². The first-order chi connectivity index (χ1) is 11.4. The summed E-state index contributed by atoms with van der Waals surface area (Å²) in [6, 6.07) is 0. The van der Waals surface area contributed by atoms with Crippen molar-refractivity contribution in [3.8, 4) is 0 Å². The van der Waals surface area contributed by atoms with Crippen molar-refractivity contribution in [2.45, 2.75) is 59.3 Å². The summed E-state index contributed by atoms with van der Waals surface area (Å²) in [6.07, 6.45) is 5.94. The molecule has 1 unspecified atom stereocenters. The molecule has 0 saturated heterocycles. The average molecular weight is 329 g/mol. The number of allylic oxidation sites excluding steroid dienone is 3. The van der Waals surface area contributed by atoms with E-state index in [2.05, 4.69) is 19.2 Å². The van der Waals surface area contributed by atoms with E-state index in [1.807, 2.05) is 6.92 Å². The van der Waals surface area contributed by atoms with Crippen LogP contribution < -0.4 is 5.32 Å². The molecule has 0 spiro atoms. The van der Waals surface area contributed by atoms with Crippen LogP contribution in [0.4, 0.5) is 0 Å². The molecule has 4 nitrogen and oxygen atoms in total. The fraction of sp³-hybridized carbons (Fsp3) is 0.700. The van der Waals surface area contributed by atoms with Crippen LogP contribution in [0.1, 0.15) is 59.3 Å². The number of carbonyl (C=O) groups is 2. The first-order valence-electron chi connectivity index (χ1n) is 9.35. The van der Waals surface area contributed by atoms with Crippen molar-refractivity contribution in [2.24, 2.45) is 23.2 Å². The van der Waals surface area contributed by atoms with Gasteiger partial charge in [0, 0.05) is 29.3 Å². The highest BCUT2D eigenvalue weighted by Crippen LogP contribution is 2.53. The minimum absolute atomic E-state index is 0.00684. The molecule has 0 aromatic carbocycles. The predicted octanol–water partition coefficient (Wildman–Crippen LogP) is 3.49. The largest absolute Gasteiger partial charge is 0.463 e. The van der Waals surface area contributed by atoms with Crippen molar-refractivity contribution >= 4 is 11.8 Å². The Morgan fingerprint density at radius 2 is 1.92 bits per heavy atom. The summed E-state index contributed by atoms with van der Waals surface area (Å²) in [7, 11) is 0. The van der Waals surface area contributed by atoms with Gasteiger partial charge in [-0.3, -0.25) is 4.79 Å². The van der Waals surface area contributed by atoms with Gasteiger partial charge in [0.05, 0.1) is 12.2 Å². The number of ether oxygens (including phenoxy) is 1. The molecule has 4 aliphatic rings. The number of esters is 1. The Balaban J connectivity index is 1.79. The van der Waals surface area contributed by atoms with Gasteiger partial charge in [-0.15, -0.1) is 0 Å². The Labute approximate surface area is 143 Å². The predicted molar refractivity (Wildman–Crippen MR) is 90.8 cm³/mol. The van der Waals surface area contributed by atoms with Crippen LogP contribution in [-0.4, -0.2) is 18.4 Å². The lowest BCUT2D eigenvalue weighted by Gasteiger charge is -2.40. The second-order valence-corrected chi connectivity index (χ2v) is 8.60. The number of rotatable bonds is 4. The van der Waals surface area contributed by atoms with Crippen LogP contribution in [0.3, 0.4) is 0 Å². The third kappa shape index (κ3) is 2.70. The Morgan fingerprint density at radius 3 is 2.50 bits per heavy atom. The van der Waals surface area contributed by atoms with Crippen LogP contribution in [0.5, 0.6) is 0 Å². The van der Waals surface area contributed by atoms with Crippen molar-refractivity contribution < 1.29 is 14.3 Å². The zero-order valence-corrected chi connectivity index (χ0v) is 14.9. The minimum atomic E-state index is -0.215. The summed E-state index contributed by atoms with van der Waals surface area (Å²) >= 11 is 0. The average Bonchev–Trinajstić information content (AvgIpc) is 3.37. The zero-order valence-electron chi connectivity index (χ0n) is 14.9. The summed E-state index contributed by atoms with van der Waals surface area (Å²) in [5.74, 6) is 0.866. The van der Waals surface area contributed by atoms with Gasteiger partial charge in [-0.05, 0) is 56.3 Å². The molecule has 1 aliphatic heterocycles. The SMILES string of the molecule is CCOC(=O)C1=C(C2CC2)NC2=C(C(=O)CC(C)(C)C2)C1C1CC1. The molecule has 0 bridgehead atoms. The standard InChI is InChI=1S/C20H27NO3/c1-4-24-19(23)17-15(11-5-6-11)16-13(21-18(17)12-7-8-12)9-20(2,3)10-14(16)22/h11-12,15,21H,4-10H2,1-3H3. The third-order valence-corrected chi connectivity index (χ3v) is 5.69. The molecule has 0 aromatic heterocycles. The van der Waals surface area contributed by atoms with Gasteiger partial charge < -0.3 is 10.1 Å². The molecule has 1 heterocycles. The molecule has 24 heavy (non-hydrogen) atoms. The van der Waals surface area contributed by atoms with Crippen molar-refractivity contribution in [1.29, 1.82) is 0 Å². The molecule has 130 valence electrons. The topological polar surface area (TPSA) is 55.4 Å². The van der Waals surface area contributed by atoms with Crippen LogP contribution in [0, 0.1) is 23.2 Å². The Kier molecular flexibility index (Phi) is 3.63. The maximum Gasteiger partial charge on any atom is 0.336 e. The van der Waals surface area contributed by atoms with Gasteiger partial charge in [-0.25, -0.2) is 4.79 Å². The molecule has 4 heteroatoms. The molecule has 1 atom stereocenters. The number of hydrogen-bond acceptors (Lipinski definition) is 4. The van der Waals surface area contributed by atoms with E-state index in [0.29, 0.717) is 24.9 Å². The summed E-state index contributed by atoms with van der Waals surface area (Å²) in [4.78, 5) is 25.7. The molecule has 0 radical (unpaired) electrons. The Morgan fingerprint density at radius 1 is 1.21 bits per heavy atom. The van der Waals surface area contributed by atoms with Crippen LogP contribution in [0.2, 0.25) is 0 Å². The van der Waals surface area contributed by atoms with Gasteiger partial charge in [0.1, 0.15) is 0 Å². The van der Waals surface area contributed by atoms with E-state index in [0.717, 1.165) is 54.6 Å². The van der Waals surface area contributed by atoms with E-state index >= 15 is 0 Å². The normalized spacial score (nSPS) is 29.3. The van der Waals surface area contributed by atoms with Crippen molar-refractivity contribution in [3.05, 3.63) is 22.5 Å². The highest BCUT2D eigenvalue weighted by atomic mass is 16.5. The zero-order chi connectivity index (χ0) is 17.1. The summed E-state index contributed by atoms with van der Waals surface area (Å²) in [6.45, 7) is 6.54. The van der Waals surface area contributed by atoms with E-state index in [9.17, 15) is 9.59 Å². The lowest BCUT2D eigenvalue weighted by atomic mass is 9.68. The van der Waals surface area contributed by atoms with E-state index in [4.69, 9.17) is 4.74 Å². The lowest BCUT2D eigenvalue weighted by molar-refractivity contribution is -0.139. The number of dihydropyridines is 1. The quantitative estimate of drug-likeness (QED) is 0.802. The van der Waals surface area contributed by atoms with Crippen LogP contribution >= 0.6 is 0 Å². The number of Topliss-reactive ketones (excluding diaryl/α,β-unsaturated/α-hetero) is 1. The first-order valence-corrected chi connectivity index (χ1v) is 9.35. The highest BCUT2D eigenvalue weighted by molar-refractivity contribution is 6.02. The maximum atomic E-state index is 12.9. The van der Waals surface area contributed by atoms with Crippen molar-refractivity contribution in [2.75, 3.05) is 6.61 Å². The maximum absolute atomic E-state index is 12.9. The molecule has 3 aliphatic carbocycles. The van der Waals surface area contributed by atoms with E-state index < -0.39 is 0 Å². The number of nitrogens with one attached hydrogen (secondary N) is 1. The summed E-state index contributed by atoms with van der Waals surface area (Å²) in [5, 5.41) is 3.54. The second-order valence-electron chi connectivity index (χ2n) is 8.60. The van der Waals surface area contributed by atoms with Gasteiger partial charge in [0.2, 0.25) is 0 Å². The van der Waals surface area contributed by atoms with Gasteiger partial charge >= 0.3 is 5.97 Å². The van der Waals surface area contributed by atoms with Gasteiger partial charge in [-0.1, -0.05) is 13.8 Å². The molecule has 2 saturated carbocycles. The first kappa shape index (κ1) is 15.9. The Bertz CT molecular complexity index is 662. The second kappa shape index (κ2) is 5.47. The fourth-order valence-corrected chi connectivity index (χ4v) is 4.39. The molecular formula is C20H27NO3. The summed E-state index contributed by atoms with van der Waals surface area (Å²) in [5.41, 5.74) is 3.81. The molecule has 0 amide bonds. The summed E-state index contributed by atoms with van der Waals surface area (Å²) < 4.78 is 5.38. The van der Waals surface area contributed by atoms with Crippen molar-refractivity contribution in [1.82, 2.24) is 5.32 Å². The Hall–Kier alpha value is -1.58. The minimum Gasteiger partial charge on any atom is -0.463 e. The van der Waals surface area contributed by atoms with Crippen LogP contribution in [0.25, 0.3) is 0 Å². The number of ketones is 1. The molecule has 2 fully saturated rings. The fourth-order valence-electron chi connectivity index (χ4n) is 4.39. The van der Waals surface area contributed by atoms with E-state index in [-0.39, 0.29) is 23.1 Å². The number of carbonyl (C=O) groups excluding carboxylic acids is 2. The molecule has 0 aromatic rings. The van der Waals surface area contributed by atoms with Gasteiger partial charge in [-0.2, -0.15) is 0 Å². The van der Waals surface area contributed by atoms with Crippen molar-refractivity contribution in [3.63, 3.8) is 0 Å². The molecule has 4 rings (SSSR count). The van der Waals surface area contributed by atoms with Gasteiger partial charge in [0.15, 0.2) is 5.78 Å². The van der Waals surface area contributed by atoms with E-state index in [1.165, 1.54) is 0 Å².